The van der Waals surface area contributed by atoms with E-state index in [1.165, 1.54) is 13.4 Å². The third kappa shape index (κ3) is 4.84. The zero-order valence-electron chi connectivity index (χ0n) is 14.7. The highest BCUT2D eigenvalue weighted by Gasteiger charge is 2.39. The van der Waals surface area contributed by atoms with Crippen LogP contribution in [0.4, 0.5) is 0 Å². The zero-order chi connectivity index (χ0) is 19.1. The van der Waals surface area contributed by atoms with Gasteiger partial charge >= 0.3 is 11.9 Å². The first-order valence-electron chi connectivity index (χ1n) is 8.29. The van der Waals surface area contributed by atoms with E-state index < -0.39 is 29.9 Å². The molecule has 1 aliphatic rings. The molecule has 1 aromatic rings. The summed E-state index contributed by atoms with van der Waals surface area (Å²) in [6.45, 7) is 1.86. The van der Waals surface area contributed by atoms with Gasteiger partial charge in [0.15, 0.2) is 0 Å². The van der Waals surface area contributed by atoms with Crippen LogP contribution in [0.15, 0.2) is 36.1 Å². The fourth-order valence-corrected chi connectivity index (χ4v) is 2.85. The van der Waals surface area contributed by atoms with E-state index in [9.17, 15) is 19.5 Å². The maximum Gasteiger partial charge on any atom is 0.337 e. The van der Waals surface area contributed by atoms with Crippen LogP contribution in [-0.2, 0) is 35.0 Å². The minimum absolute atomic E-state index is 0.117. The summed E-state index contributed by atoms with van der Waals surface area (Å²) in [5.41, 5.74) is 1.06. The number of rotatable bonds is 7. The predicted octanol–water partition coefficient (Wildman–Crippen LogP) is 1.77. The summed E-state index contributed by atoms with van der Waals surface area (Å²) in [5.74, 6) is -2.26. The molecule has 1 N–H and O–H groups in total. The Morgan fingerprint density at radius 2 is 1.96 bits per heavy atom. The lowest BCUT2D eigenvalue weighted by Crippen LogP contribution is -2.37. The van der Waals surface area contributed by atoms with Crippen molar-refractivity contribution < 1.29 is 33.7 Å². The van der Waals surface area contributed by atoms with Gasteiger partial charge in [0.1, 0.15) is 18.1 Å². The number of phenols is 1. The summed E-state index contributed by atoms with van der Waals surface area (Å²) >= 11 is 0. The molecule has 7 nitrogen and oxygen atoms in total. The molecule has 1 aliphatic heterocycles. The number of aldehydes is 1. The molecule has 7 heteroatoms. The largest absolute Gasteiger partial charge is 0.508 e. The summed E-state index contributed by atoms with van der Waals surface area (Å²) in [6.07, 6.45) is 1.87. The van der Waals surface area contributed by atoms with E-state index in [1.54, 1.807) is 31.2 Å². The van der Waals surface area contributed by atoms with E-state index in [0.717, 1.165) is 5.56 Å². The number of carbonyl (C=O) groups is 3. The minimum Gasteiger partial charge on any atom is -0.508 e. The van der Waals surface area contributed by atoms with Gasteiger partial charge in [0.25, 0.3) is 0 Å². The Bertz CT molecular complexity index is 678. The smallest absolute Gasteiger partial charge is 0.337 e. The van der Waals surface area contributed by atoms with Crippen LogP contribution in [0, 0.1) is 11.8 Å². The normalized spacial score (nSPS) is 21.9. The molecule has 0 saturated carbocycles. The summed E-state index contributed by atoms with van der Waals surface area (Å²) in [6, 6.07) is 6.60. The number of esters is 2. The number of ether oxygens (including phenoxy) is 3. The maximum absolute atomic E-state index is 12.2. The van der Waals surface area contributed by atoms with Gasteiger partial charge in [-0.15, -0.1) is 0 Å². The molecular weight excluding hydrogens is 340 g/mol. The minimum atomic E-state index is -0.648. The topological polar surface area (TPSA) is 99.1 Å². The zero-order valence-corrected chi connectivity index (χ0v) is 14.7. The summed E-state index contributed by atoms with van der Waals surface area (Å²) in [4.78, 5) is 35.5. The van der Waals surface area contributed by atoms with Crippen LogP contribution in [0.3, 0.4) is 0 Å². The molecule has 3 atom stereocenters. The van der Waals surface area contributed by atoms with Gasteiger partial charge in [0, 0.05) is 12.3 Å². The van der Waals surface area contributed by atoms with Crippen molar-refractivity contribution in [1.82, 2.24) is 0 Å². The van der Waals surface area contributed by atoms with E-state index in [2.05, 4.69) is 0 Å². The average Bonchev–Trinajstić information content (AvgIpc) is 2.63. The summed E-state index contributed by atoms with van der Waals surface area (Å²) < 4.78 is 15.2. The number of hydrogen-bond donors (Lipinski definition) is 1. The molecular formula is C19H22O7. The first-order valence-corrected chi connectivity index (χ1v) is 8.29. The standard InChI is InChI=1S/C19H22O7/c1-12-16(10-20)15(17(11-26-12)19(23)24-2)9-18(22)25-8-7-13-3-5-14(21)6-4-13/h3-6,10-12,15-16,21H,7-9H2,1-2H3/t12-,15-,16+/m0/s1. The second-order valence-electron chi connectivity index (χ2n) is 6.07. The van der Waals surface area contributed by atoms with Gasteiger partial charge < -0.3 is 24.1 Å². The lowest BCUT2D eigenvalue weighted by molar-refractivity contribution is -0.146. The molecule has 2 rings (SSSR count). The molecule has 26 heavy (non-hydrogen) atoms. The number of methoxy groups -OCH3 is 1. The van der Waals surface area contributed by atoms with Crippen LogP contribution < -0.4 is 0 Å². The van der Waals surface area contributed by atoms with Crippen LogP contribution in [0.5, 0.6) is 5.75 Å². The number of hydrogen-bond acceptors (Lipinski definition) is 7. The lowest BCUT2D eigenvalue weighted by atomic mass is 9.80. The quantitative estimate of drug-likeness (QED) is 0.583. The van der Waals surface area contributed by atoms with Gasteiger partial charge in [-0.3, -0.25) is 4.79 Å². The number of benzene rings is 1. The van der Waals surface area contributed by atoms with Crippen molar-refractivity contribution in [3.05, 3.63) is 41.7 Å². The fourth-order valence-electron chi connectivity index (χ4n) is 2.85. The van der Waals surface area contributed by atoms with E-state index in [1.807, 2.05) is 0 Å². The molecule has 0 aromatic heterocycles. The molecule has 0 bridgehead atoms. The van der Waals surface area contributed by atoms with Crippen molar-refractivity contribution in [2.24, 2.45) is 11.8 Å². The molecule has 0 fully saturated rings. The second kappa shape index (κ2) is 9.03. The lowest BCUT2D eigenvalue weighted by Gasteiger charge is -2.32. The van der Waals surface area contributed by atoms with Crippen molar-refractivity contribution >= 4 is 18.2 Å². The Labute approximate surface area is 151 Å². The van der Waals surface area contributed by atoms with Crippen LogP contribution >= 0.6 is 0 Å². The van der Waals surface area contributed by atoms with Crippen molar-refractivity contribution in [3.8, 4) is 5.75 Å². The third-order valence-corrected chi connectivity index (χ3v) is 4.37. The van der Waals surface area contributed by atoms with Crippen molar-refractivity contribution in [2.75, 3.05) is 13.7 Å². The van der Waals surface area contributed by atoms with Crippen LogP contribution in [0.25, 0.3) is 0 Å². The molecule has 0 spiro atoms. The van der Waals surface area contributed by atoms with Crippen LogP contribution in [0.2, 0.25) is 0 Å². The number of aromatic hydroxyl groups is 1. The SMILES string of the molecule is COC(=O)C1=CO[C@@H](C)[C@@H](C=O)[C@@H]1CC(=O)OCCc1ccc(O)cc1. The Balaban J connectivity index is 1.96. The van der Waals surface area contributed by atoms with Gasteiger partial charge in [0.2, 0.25) is 0 Å². The van der Waals surface area contributed by atoms with E-state index in [0.29, 0.717) is 12.7 Å². The third-order valence-electron chi connectivity index (χ3n) is 4.37. The molecule has 1 aromatic carbocycles. The van der Waals surface area contributed by atoms with Gasteiger partial charge in [-0.25, -0.2) is 4.79 Å². The van der Waals surface area contributed by atoms with Crippen molar-refractivity contribution in [3.63, 3.8) is 0 Å². The molecule has 0 unspecified atom stereocenters. The van der Waals surface area contributed by atoms with Gasteiger partial charge in [0.05, 0.1) is 37.9 Å². The summed E-state index contributed by atoms with van der Waals surface area (Å²) in [5, 5.41) is 9.25. The Morgan fingerprint density at radius 3 is 2.58 bits per heavy atom. The molecule has 140 valence electrons. The molecule has 0 saturated heterocycles. The van der Waals surface area contributed by atoms with Crippen LogP contribution in [0.1, 0.15) is 18.9 Å². The van der Waals surface area contributed by atoms with Gasteiger partial charge in [-0.2, -0.15) is 0 Å². The van der Waals surface area contributed by atoms with E-state index >= 15 is 0 Å². The highest BCUT2D eigenvalue weighted by molar-refractivity contribution is 5.90. The monoisotopic (exact) mass is 362 g/mol. The maximum atomic E-state index is 12.2. The molecule has 0 radical (unpaired) electrons. The first kappa shape index (κ1) is 19.5. The Kier molecular flexibility index (Phi) is 6.77. The first-order chi connectivity index (χ1) is 12.5. The Morgan fingerprint density at radius 1 is 1.27 bits per heavy atom. The highest BCUT2D eigenvalue weighted by atomic mass is 16.5. The molecule has 0 amide bonds. The second-order valence-corrected chi connectivity index (χ2v) is 6.07. The summed E-state index contributed by atoms with van der Waals surface area (Å²) in [7, 11) is 1.23. The van der Waals surface area contributed by atoms with Crippen molar-refractivity contribution in [2.45, 2.75) is 25.9 Å². The van der Waals surface area contributed by atoms with E-state index in [4.69, 9.17) is 14.2 Å². The number of phenolic OH excluding ortho intramolecular Hbond substituents is 1. The average molecular weight is 362 g/mol. The highest BCUT2D eigenvalue weighted by Crippen LogP contribution is 2.33. The van der Waals surface area contributed by atoms with Gasteiger partial charge in [-0.05, 0) is 24.6 Å². The number of carbonyl (C=O) groups excluding carboxylic acids is 3. The fraction of sp³-hybridized carbons (Fsp3) is 0.421. The Hall–Kier alpha value is -2.83. The molecule has 1 heterocycles. The van der Waals surface area contributed by atoms with Crippen molar-refractivity contribution in [1.29, 1.82) is 0 Å². The molecule has 0 aliphatic carbocycles. The van der Waals surface area contributed by atoms with Gasteiger partial charge in [-0.1, -0.05) is 12.1 Å². The van der Waals surface area contributed by atoms with Crippen LogP contribution in [-0.4, -0.2) is 43.2 Å². The van der Waals surface area contributed by atoms with E-state index in [-0.39, 0.29) is 24.4 Å². The predicted molar refractivity (Wildman–Crippen MR) is 91.1 cm³/mol.